The Morgan fingerprint density at radius 1 is 0.978 bits per heavy atom. The first-order chi connectivity index (χ1) is 21.6. The first kappa shape index (κ1) is 33.0. The molecule has 246 valence electrons. The largest absolute Gasteiger partial charge is 0.491 e. The number of ether oxygens (including phenoxy) is 1. The number of piperazine rings is 1. The van der Waals surface area contributed by atoms with Crippen molar-refractivity contribution in [3.05, 3.63) is 69.2 Å². The van der Waals surface area contributed by atoms with Crippen LogP contribution in [0.2, 0.25) is 5.02 Å². The van der Waals surface area contributed by atoms with Crippen LogP contribution in [0, 0.1) is 0 Å². The van der Waals surface area contributed by atoms with E-state index in [0.29, 0.717) is 18.7 Å². The Morgan fingerprint density at radius 2 is 1.67 bits per heavy atom. The lowest BCUT2D eigenvalue weighted by molar-refractivity contribution is -0.205. The molecule has 5 rings (SSSR count). The van der Waals surface area contributed by atoms with Gasteiger partial charge in [0, 0.05) is 55.9 Å². The van der Waals surface area contributed by atoms with Gasteiger partial charge in [-0.05, 0) is 42.4 Å². The Balaban J connectivity index is 1.44. The van der Waals surface area contributed by atoms with E-state index in [1.165, 1.54) is 29.2 Å². The molecule has 46 heavy (non-hydrogen) atoms. The summed E-state index contributed by atoms with van der Waals surface area (Å²) >= 11 is 5.73. The van der Waals surface area contributed by atoms with Gasteiger partial charge in [-0.2, -0.15) is 41.3 Å². The molecule has 18 heteroatoms. The molecule has 0 bridgehead atoms. The molecule has 1 aromatic heterocycles. The normalized spacial score (nSPS) is 17.1. The first-order valence-electron chi connectivity index (χ1n) is 13.8. The maximum absolute atomic E-state index is 13.5. The highest BCUT2D eigenvalue weighted by molar-refractivity contribution is 6.30. The summed E-state index contributed by atoms with van der Waals surface area (Å²) in [7, 11) is 3.52. The maximum Gasteiger partial charge on any atom is 0.491 e. The van der Waals surface area contributed by atoms with E-state index >= 15 is 0 Å². The van der Waals surface area contributed by atoms with Gasteiger partial charge in [0.05, 0.1) is 12.1 Å². The second kappa shape index (κ2) is 12.8. The quantitative estimate of drug-likeness (QED) is 0.277. The van der Waals surface area contributed by atoms with Gasteiger partial charge in [-0.1, -0.05) is 23.7 Å². The molecule has 3 heterocycles. The summed E-state index contributed by atoms with van der Waals surface area (Å²) in [5, 5.41) is 5.11. The Morgan fingerprint density at radius 3 is 2.33 bits per heavy atom. The number of rotatable bonds is 7. The lowest BCUT2D eigenvalue weighted by Crippen LogP contribution is -2.45. The van der Waals surface area contributed by atoms with Crippen molar-refractivity contribution in [3.8, 4) is 0 Å². The van der Waals surface area contributed by atoms with Crippen LogP contribution in [0.3, 0.4) is 0 Å². The third-order valence-corrected chi connectivity index (χ3v) is 7.68. The number of carbonyl (C=O) groups excluding carboxylic acids is 2. The minimum absolute atomic E-state index is 0.00806. The number of fused-ring (bicyclic) bond motifs is 1. The minimum Gasteiger partial charge on any atom is -0.430 e. The van der Waals surface area contributed by atoms with Crippen LogP contribution in [0.5, 0.6) is 0 Å². The number of aromatic nitrogens is 3. The van der Waals surface area contributed by atoms with E-state index in [1.54, 1.807) is 7.05 Å². The number of amides is 1. The Hall–Kier alpha value is -4.38. The van der Waals surface area contributed by atoms with Crippen molar-refractivity contribution in [1.29, 1.82) is 0 Å². The number of carbonyl (C=O) groups is 2. The first-order valence-corrected chi connectivity index (χ1v) is 14.2. The van der Waals surface area contributed by atoms with E-state index < -0.39 is 42.6 Å². The van der Waals surface area contributed by atoms with Crippen molar-refractivity contribution in [2.45, 2.75) is 31.7 Å². The zero-order chi connectivity index (χ0) is 33.4. The highest BCUT2D eigenvalue weighted by Crippen LogP contribution is 2.39. The second-order valence-electron chi connectivity index (χ2n) is 10.6. The Labute approximate surface area is 263 Å². The number of halogens is 7. The standard InChI is InChI=1S/C28H27ClF6N8O3/c1-36-24-38-25(42-9-7-41(2)8-10-42)40-26(39-24)43-14-17-11-15(4-6-19(17)22(43)46-23(45)28(33,34)35)21(44)37-13-16-3-5-18(29)12-20(16)27(30,31)32/h3-6,11-12,22H,7-10,13-14H2,1-2H3,(H,37,44)(H,36,38,39,40). The molecule has 1 saturated heterocycles. The summed E-state index contributed by atoms with van der Waals surface area (Å²) in [5.41, 5.74) is -0.772. The molecule has 0 radical (unpaired) electrons. The van der Waals surface area contributed by atoms with Gasteiger partial charge in [0.2, 0.25) is 24.1 Å². The molecule has 2 N–H and O–H groups in total. The fourth-order valence-electron chi connectivity index (χ4n) is 5.02. The molecular weight excluding hydrogens is 646 g/mol. The van der Waals surface area contributed by atoms with Crippen molar-refractivity contribution < 1.29 is 40.7 Å². The third-order valence-electron chi connectivity index (χ3n) is 7.44. The molecular formula is C28H27ClF6N8O3. The number of nitrogens with zero attached hydrogens (tertiary/aromatic N) is 6. The summed E-state index contributed by atoms with van der Waals surface area (Å²) in [5.74, 6) is -2.89. The molecule has 2 aliphatic rings. The SMILES string of the molecule is CNc1nc(N2CCN(C)CC2)nc(N2Cc3cc(C(=O)NCc4ccc(Cl)cc4C(F)(F)F)ccc3C2OC(=O)C(F)(F)F)n1. The van der Waals surface area contributed by atoms with Gasteiger partial charge in [0.1, 0.15) is 0 Å². The summed E-state index contributed by atoms with van der Waals surface area (Å²) in [6, 6.07) is 7.10. The molecule has 0 saturated carbocycles. The summed E-state index contributed by atoms with van der Waals surface area (Å²) in [4.78, 5) is 43.4. The lowest BCUT2D eigenvalue weighted by Gasteiger charge is -2.33. The average molecular weight is 673 g/mol. The zero-order valence-corrected chi connectivity index (χ0v) is 25.1. The van der Waals surface area contributed by atoms with Crippen molar-refractivity contribution in [1.82, 2.24) is 25.2 Å². The monoisotopic (exact) mass is 672 g/mol. The number of likely N-dealkylation sites (N-methyl/N-ethyl adjacent to an activating group) is 1. The number of esters is 1. The van der Waals surface area contributed by atoms with E-state index in [0.717, 1.165) is 25.2 Å². The van der Waals surface area contributed by atoms with Crippen LogP contribution >= 0.6 is 11.6 Å². The Bertz CT molecular complexity index is 1630. The molecule has 2 aliphatic heterocycles. The number of hydrogen-bond donors (Lipinski definition) is 2. The number of nitrogens with one attached hydrogen (secondary N) is 2. The van der Waals surface area contributed by atoms with Gasteiger partial charge in [0.15, 0.2) is 0 Å². The molecule has 3 aromatic rings. The molecule has 1 fully saturated rings. The summed E-state index contributed by atoms with van der Waals surface area (Å²) in [6.45, 7) is 1.95. The summed E-state index contributed by atoms with van der Waals surface area (Å²) < 4.78 is 85.3. The van der Waals surface area contributed by atoms with E-state index in [9.17, 15) is 35.9 Å². The maximum atomic E-state index is 13.5. The Kier molecular flexibility index (Phi) is 9.17. The van der Waals surface area contributed by atoms with Crippen molar-refractivity contribution in [2.24, 2.45) is 0 Å². The molecule has 2 aromatic carbocycles. The van der Waals surface area contributed by atoms with Gasteiger partial charge in [-0.3, -0.25) is 9.69 Å². The number of alkyl halides is 6. The fourth-order valence-corrected chi connectivity index (χ4v) is 5.19. The van der Waals surface area contributed by atoms with E-state index in [1.807, 2.05) is 11.9 Å². The second-order valence-corrected chi connectivity index (χ2v) is 11.0. The molecule has 1 atom stereocenters. The van der Waals surface area contributed by atoms with Gasteiger partial charge in [0.25, 0.3) is 5.91 Å². The molecule has 0 spiro atoms. The van der Waals surface area contributed by atoms with Crippen LogP contribution < -0.4 is 20.4 Å². The minimum atomic E-state index is -5.30. The van der Waals surface area contributed by atoms with Crippen molar-refractivity contribution in [2.75, 3.05) is 55.4 Å². The van der Waals surface area contributed by atoms with Crippen LogP contribution in [-0.2, 0) is 28.8 Å². The third kappa shape index (κ3) is 7.20. The van der Waals surface area contributed by atoms with Crippen molar-refractivity contribution >= 4 is 41.3 Å². The molecule has 1 unspecified atom stereocenters. The highest BCUT2D eigenvalue weighted by Gasteiger charge is 2.46. The lowest BCUT2D eigenvalue weighted by atomic mass is 10.0. The van der Waals surface area contributed by atoms with Crippen LogP contribution in [-0.4, -0.2) is 78.2 Å². The topological polar surface area (TPSA) is 116 Å². The fraction of sp³-hybridized carbons (Fsp3) is 0.393. The predicted octanol–water partition coefficient (Wildman–Crippen LogP) is 4.39. The van der Waals surface area contributed by atoms with Crippen LogP contribution in [0.1, 0.15) is 38.8 Å². The van der Waals surface area contributed by atoms with E-state index in [-0.39, 0.29) is 46.1 Å². The van der Waals surface area contributed by atoms with E-state index in [2.05, 4.69) is 30.5 Å². The predicted molar refractivity (Wildman–Crippen MR) is 154 cm³/mol. The number of hydrogen-bond acceptors (Lipinski definition) is 10. The molecule has 0 aliphatic carbocycles. The number of anilines is 3. The summed E-state index contributed by atoms with van der Waals surface area (Å²) in [6.07, 6.45) is -11.6. The van der Waals surface area contributed by atoms with Gasteiger partial charge in [-0.15, -0.1) is 0 Å². The highest BCUT2D eigenvalue weighted by atomic mass is 35.5. The van der Waals surface area contributed by atoms with Crippen LogP contribution in [0.25, 0.3) is 0 Å². The van der Waals surface area contributed by atoms with Gasteiger partial charge in [-0.25, -0.2) is 4.79 Å². The molecule has 11 nitrogen and oxygen atoms in total. The smallest absolute Gasteiger partial charge is 0.430 e. The van der Waals surface area contributed by atoms with Gasteiger partial charge >= 0.3 is 18.3 Å². The zero-order valence-electron chi connectivity index (χ0n) is 24.3. The number of benzene rings is 2. The van der Waals surface area contributed by atoms with Crippen LogP contribution in [0.4, 0.5) is 44.2 Å². The average Bonchev–Trinajstić information content (AvgIpc) is 3.36. The van der Waals surface area contributed by atoms with Crippen molar-refractivity contribution in [3.63, 3.8) is 0 Å². The van der Waals surface area contributed by atoms with E-state index in [4.69, 9.17) is 16.3 Å². The van der Waals surface area contributed by atoms with Crippen LogP contribution in [0.15, 0.2) is 36.4 Å². The van der Waals surface area contributed by atoms with Gasteiger partial charge < -0.3 is 25.2 Å². The molecule has 1 amide bonds.